The SMILES string of the molecule is CCCCCCCCCCCCCCCCOCC(O)COCCO. The lowest BCUT2D eigenvalue weighted by Gasteiger charge is -2.11. The third-order valence-corrected chi connectivity index (χ3v) is 4.50. The van der Waals surface area contributed by atoms with Crippen LogP contribution >= 0.6 is 0 Å². The van der Waals surface area contributed by atoms with E-state index in [4.69, 9.17) is 14.6 Å². The molecule has 0 aromatic carbocycles. The predicted molar refractivity (Wildman–Crippen MR) is 105 cm³/mol. The summed E-state index contributed by atoms with van der Waals surface area (Å²) in [7, 11) is 0. The average molecular weight is 361 g/mol. The number of unbranched alkanes of at least 4 members (excludes halogenated alkanes) is 13. The molecule has 0 aromatic heterocycles. The van der Waals surface area contributed by atoms with Gasteiger partial charge in [0, 0.05) is 6.61 Å². The van der Waals surface area contributed by atoms with Gasteiger partial charge >= 0.3 is 0 Å². The summed E-state index contributed by atoms with van der Waals surface area (Å²) >= 11 is 0. The summed E-state index contributed by atoms with van der Waals surface area (Å²) in [6.07, 6.45) is 18.4. The van der Waals surface area contributed by atoms with Crippen molar-refractivity contribution in [3.8, 4) is 0 Å². The van der Waals surface area contributed by atoms with Gasteiger partial charge in [-0.25, -0.2) is 0 Å². The van der Waals surface area contributed by atoms with Gasteiger partial charge in [0.05, 0.1) is 26.4 Å². The molecule has 0 fully saturated rings. The van der Waals surface area contributed by atoms with E-state index < -0.39 is 6.10 Å². The van der Waals surface area contributed by atoms with E-state index >= 15 is 0 Å². The zero-order valence-electron chi connectivity index (χ0n) is 16.7. The molecule has 0 heterocycles. The number of aliphatic hydroxyl groups excluding tert-OH is 2. The second-order valence-corrected chi connectivity index (χ2v) is 7.12. The lowest BCUT2D eigenvalue weighted by molar-refractivity contribution is -0.0256. The predicted octanol–water partition coefficient (Wildman–Crippen LogP) is 4.85. The Bertz CT molecular complexity index is 236. The Balaban J connectivity index is 3.05. The molecule has 0 bridgehead atoms. The quantitative estimate of drug-likeness (QED) is 0.287. The highest BCUT2D eigenvalue weighted by atomic mass is 16.5. The number of aliphatic hydroxyl groups is 2. The second kappa shape index (κ2) is 21.9. The molecule has 0 saturated heterocycles. The van der Waals surface area contributed by atoms with Crippen molar-refractivity contribution in [3.63, 3.8) is 0 Å². The van der Waals surface area contributed by atoms with Crippen LogP contribution in [-0.2, 0) is 9.47 Å². The van der Waals surface area contributed by atoms with Crippen molar-refractivity contribution in [3.05, 3.63) is 0 Å². The summed E-state index contributed by atoms with van der Waals surface area (Å²) in [4.78, 5) is 0. The maximum atomic E-state index is 9.56. The van der Waals surface area contributed by atoms with Crippen LogP contribution in [0.15, 0.2) is 0 Å². The Morgan fingerprint density at radius 1 is 0.600 bits per heavy atom. The first-order valence-electron chi connectivity index (χ1n) is 10.8. The van der Waals surface area contributed by atoms with Crippen molar-refractivity contribution in [2.24, 2.45) is 0 Å². The van der Waals surface area contributed by atoms with Gasteiger partial charge in [0.2, 0.25) is 0 Å². The van der Waals surface area contributed by atoms with Crippen molar-refractivity contribution < 1.29 is 19.7 Å². The Hall–Kier alpha value is -0.160. The molecule has 0 rings (SSSR count). The molecule has 0 amide bonds. The summed E-state index contributed by atoms with van der Waals surface area (Å²) in [5, 5.41) is 18.1. The van der Waals surface area contributed by atoms with E-state index in [2.05, 4.69) is 6.92 Å². The van der Waals surface area contributed by atoms with Crippen molar-refractivity contribution in [2.75, 3.05) is 33.0 Å². The highest BCUT2D eigenvalue weighted by Gasteiger charge is 2.03. The van der Waals surface area contributed by atoms with Gasteiger partial charge in [-0.3, -0.25) is 0 Å². The van der Waals surface area contributed by atoms with E-state index in [1.165, 1.54) is 83.5 Å². The molecule has 0 aromatic rings. The van der Waals surface area contributed by atoms with E-state index in [-0.39, 0.29) is 19.8 Å². The largest absolute Gasteiger partial charge is 0.394 e. The Morgan fingerprint density at radius 3 is 1.44 bits per heavy atom. The molecule has 1 atom stereocenters. The fourth-order valence-electron chi connectivity index (χ4n) is 2.95. The highest BCUT2D eigenvalue weighted by molar-refractivity contribution is 4.52. The Morgan fingerprint density at radius 2 is 1.00 bits per heavy atom. The molecular weight excluding hydrogens is 316 g/mol. The highest BCUT2D eigenvalue weighted by Crippen LogP contribution is 2.12. The molecular formula is C21H44O4. The van der Waals surface area contributed by atoms with Gasteiger partial charge in [-0.1, -0.05) is 90.4 Å². The maximum Gasteiger partial charge on any atom is 0.101 e. The lowest BCUT2D eigenvalue weighted by Crippen LogP contribution is -2.22. The van der Waals surface area contributed by atoms with Crippen LogP contribution in [0, 0.1) is 0 Å². The van der Waals surface area contributed by atoms with Crippen molar-refractivity contribution >= 4 is 0 Å². The smallest absolute Gasteiger partial charge is 0.101 e. The zero-order chi connectivity index (χ0) is 18.4. The maximum absolute atomic E-state index is 9.56. The van der Waals surface area contributed by atoms with E-state index in [1.807, 2.05) is 0 Å². The van der Waals surface area contributed by atoms with Crippen LogP contribution in [0.25, 0.3) is 0 Å². The van der Waals surface area contributed by atoms with Crippen LogP contribution in [0.5, 0.6) is 0 Å². The van der Waals surface area contributed by atoms with E-state index in [0.717, 1.165) is 13.0 Å². The summed E-state index contributed by atoms with van der Waals surface area (Å²) in [5.74, 6) is 0. The fourth-order valence-corrected chi connectivity index (χ4v) is 2.95. The van der Waals surface area contributed by atoms with Crippen LogP contribution in [0.3, 0.4) is 0 Å². The van der Waals surface area contributed by atoms with Crippen LogP contribution in [0.1, 0.15) is 96.8 Å². The molecule has 2 N–H and O–H groups in total. The first kappa shape index (κ1) is 24.8. The van der Waals surface area contributed by atoms with Gasteiger partial charge in [-0.15, -0.1) is 0 Å². The van der Waals surface area contributed by atoms with Gasteiger partial charge in [0.25, 0.3) is 0 Å². The topological polar surface area (TPSA) is 58.9 Å². The minimum atomic E-state index is -0.585. The first-order valence-corrected chi connectivity index (χ1v) is 10.8. The van der Waals surface area contributed by atoms with Gasteiger partial charge in [0.15, 0.2) is 0 Å². The molecule has 0 saturated carbocycles. The molecule has 1 unspecified atom stereocenters. The van der Waals surface area contributed by atoms with E-state index in [0.29, 0.717) is 6.61 Å². The standard InChI is InChI=1S/C21H44O4/c1-2-3-4-5-6-7-8-9-10-11-12-13-14-15-17-24-19-21(23)20-25-18-16-22/h21-23H,2-20H2,1H3. The Kier molecular flexibility index (Phi) is 21.7. The molecule has 0 aliphatic rings. The molecule has 4 heteroatoms. The molecule has 25 heavy (non-hydrogen) atoms. The fraction of sp³-hybridized carbons (Fsp3) is 1.00. The van der Waals surface area contributed by atoms with Crippen molar-refractivity contribution in [1.29, 1.82) is 0 Å². The van der Waals surface area contributed by atoms with Crippen LogP contribution < -0.4 is 0 Å². The minimum absolute atomic E-state index is 0.00732. The summed E-state index contributed by atoms with van der Waals surface area (Å²) in [6, 6.07) is 0. The Labute approximate surface area is 156 Å². The molecule has 0 radical (unpaired) electrons. The number of hydrogen-bond acceptors (Lipinski definition) is 4. The van der Waals surface area contributed by atoms with Gasteiger partial charge in [0.1, 0.15) is 6.10 Å². The van der Waals surface area contributed by atoms with Crippen LogP contribution in [-0.4, -0.2) is 49.4 Å². The van der Waals surface area contributed by atoms with Gasteiger partial charge in [-0.2, -0.15) is 0 Å². The third kappa shape index (κ3) is 21.8. The number of rotatable bonds is 21. The lowest BCUT2D eigenvalue weighted by atomic mass is 10.0. The number of hydrogen-bond donors (Lipinski definition) is 2. The molecule has 4 nitrogen and oxygen atoms in total. The average Bonchev–Trinajstić information content (AvgIpc) is 2.61. The van der Waals surface area contributed by atoms with Gasteiger partial charge in [-0.05, 0) is 6.42 Å². The molecule has 0 aliphatic heterocycles. The zero-order valence-corrected chi connectivity index (χ0v) is 16.7. The van der Waals surface area contributed by atoms with Gasteiger partial charge < -0.3 is 19.7 Å². The summed E-state index contributed by atoms with van der Waals surface area (Å²) < 4.78 is 10.5. The third-order valence-electron chi connectivity index (χ3n) is 4.50. The van der Waals surface area contributed by atoms with E-state index in [1.54, 1.807) is 0 Å². The van der Waals surface area contributed by atoms with Crippen LogP contribution in [0.4, 0.5) is 0 Å². The van der Waals surface area contributed by atoms with Crippen molar-refractivity contribution in [1.82, 2.24) is 0 Å². The molecule has 152 valence electrons. The molecule has 0 spiro atoms. The monoisotopic (exact) mass is 360 g/mol. The summed E-state index contributed by atoms with van der Waals surface area (Å²) in [6.45, 7) is 3.82. The van der Waals surface area contributed by atoms with Crippen molar-refractivity contribution in [2.45, 2.75) is 103 Å². The first-order chi connectivity index (χ1) is 12.3. The normalized spacial score (nSPS) is 12.6. The number of ether oxygens (including phenoxy) is 2. The summed E-state index contributed by atoms with van der Waals surface area (Å²) in [5.41, 5.74) is 0. The van der Waals surface area contributed by atoms with Crippen LogP contribution in [0.2, 0.25) is 0 Å². The second-order valence-electron chi connectivity index (χ2n) is 7.12. The molecule has 0 aliphatic carbocycles. The minimum Gasteiger partial charge on any atom is -0.394 e. The van der Waals surface area contributed by atoms with E-state index in [9.17, 15) is 5.11 Å².